The molecule has 0 radical (unpaired) electrons. The molecular weight excluding hydrogens is 280 g/mol. The lowest BCUT2D eigenvalue weighted by Crippen LogP contribution is -2.43. The Morgan fingerprint density at radius 3 is 2.95 bits per heavy atom. The molecule has 1 aliphatic heterocycles. The predicted molar refractivity (Wildman–Crippen MR) is 87.7 cm³/mol. The predicted octanol–water partition coefficient (Wildman–Crippen LogP) is 3.26. The Labute approximate surface area is 132 Å². The summed E-state index contributed by atoms with van der Waals surface area (Å²) < 4.78 is 2.38. The number of fused-ring (bicyclic) bond motifs is 1. The summed E-state index contributed by atoms with van der Waals surface area (Å²) >= 11 is 1.96. The molecular formula is C16H28N4S. The average molecular weight is 308 g/mol. The van der Waals surface area contributed by atoms with Gasteiger partial charge in [-0.3, -0.25) is 0 Å². The fourth-order valence-electron chi connectivity index (χ4n) is 3.78. The molecule has 1 N–H and O–H groups in total. The second-order valence-corrected chi connectivity index (χ2v) is 8.29. The highest BCUT2D eigenvalue weighted by Gasteiger charge is 2.42. The third kappa shape index (κ3) is 3.14. The number of hydrogen-bond acceptors (Lipinski definition) is 4. The number of nitrogens with zero attached hydrogens (tertiary/aromatic N) is 3. The zero-order valence-electron chi connectivity index (χ0n) is 13.6. The molecule has 1 saturated carbocycles. The van der Waals surface area contributed by atoms with Crippen molar-refractivity contribution in [3.8, 4) is 0 Å². The first kappa shape index (κ1) is 15.3. The van der Waals surface area contributed by atoms with Crippen LogP contribution in [0.3, 0.4) is 0 Å². The van der Waals surface area contributed by atoms with Crippen LogP contribution in [0.1, 0.15) is 58.7 Å². The van der Waals surface area contributed by atoms with Crippen molar-refractivity contribution in [1.29, 1.82) is 0 Å². The molecule has 1 aromatic rings. The van der Waals surface area contributed by atoms with Gasteiger partial charge in [0, 0.05) is 24.3 Å². The standard InChI is InChI=1S/C16H28N4S/c1-4-17-14-12(9-10-16(14,2)3)21-15-19-18-13-8-6-5-7-11-20(13)15/h12,14,17H,4-11H2,1-3H3. The third-order valence-electron chi connectivity index (χ3n) is 5.04. The highest BCUT2D eigenvalue weighted by Crippen LogP contribution is 2.44. The lowest BCUT2D eigenvalue weighted by Gasteiger charge is -2.31. The summed E-state index contributed by atoms with van der Waals surface area (Å²) in [7, 11) is 0. The van der Waals surface area contributed by atoms with Crippen molar-refractivity contribution < 1.29 is 0 Å². The number of aromatic nitrogens is 3. The summed E-state index contributed by atoms with van der Waals surface area (Å²) in [6.07, 6.45) is 7.52. The van der Waals surface area contributed by atoms with E-state index in [2.05, 4.69) is 40.9 Å². The van der Waals surface area contributed by atoms with Gasteiger partial charge >= 0.3 is 0 Å². The minimum absolute atomic E-state index is 0.384. The van der Waals surface area contributed by atoms with Gasteiger partial charge in [0.05, 0.1) is 0 Å². The van der Waals surface area contributed by atoms with E-state index in [1.807, 2.05) is 11.8 Å². The van der Waals surface area contributed by atoms with E-state index >= 15 is 0 Å². The maximum Gasteiger partial charge on any atom is 0.191 e. The van der Waals surface area contributed by atoms with Crippen LogP contribution in [0.4, 0.5) is 0 Å². The molecule has 0 spiro atoms. The van der Waals surface area contributed by atoms with Crippen LogP contribution in [-0.2, 0) is 13.0 Å². The van der Waals surface area contributed by atoms with Gasteiger partial charge in [-0.2, -0.15) is 0 Å². The number of thioether (sulfide) groups is 1. The van der Waals surface area contributed by atoms with Crippen LogP contribution in [0.15, 0.2) is 5.16 Å². The summed E-state index contributed by atoms with van der Waals surface area (Å²) in [5, 5.41) is 14.4. The minimum atomic E-state index is 0.384. The van der Waals surface area contributed by atoms with E-state index in [1.165, 1.54) is 37.9 Å². The van der Waals surface area contributed by atoms with Crippen molar-refractivity contribution in [2.75, 3.05) is 6.54 Å². The molecule has 21 heavy (non-hydrogen) atoms. The van der Waals surface area contributed by atoms with Gasteiger partial charge < -0.3 is 9.88 Å². The second kappa shape index (κ2) is 6.29. The SMILES string of the molecule is CCNC1C(Sc2nnc3n2CCCCC3)CCC1(C)C. The van der Waals surface area contributed by atoms with Crippen LogP contribution < -0.4 is 5.32 Å². The topological polar surface area (TPSA) is 42.7 Å². The van der Waals surface area contributed by atoms with Gasteiger partial charge in [0.25, 0.3) is 0 Å². The summed E-state index contributed by atoms with van der Waals surface area (Å²) in [6, 6.07) is 0.575. The summed E-state index contributed by atoms with van der Waals surface area (Å²) in [4.78, 5) is 0. The molecule has 5 heteroatoms. The fourth-order valence-corrected chi connectivity index (χ4v) is 5.29. The van der Waals surface area contributed by atoms with Gasteiger partial charge in [-0.15, -0.1) is 10.2 Å². The van der Waals surface area contributed by atoms with Crippen LogP contribution >= 0.6 is 11.8 Å². The summed E-state index contributed by atoms with van der Waals surface area (Å²) in [5.41, 5.74) is 0.384. The molecule has 1 aromatic heterocycles. The van der Waals surface area contributed by atoms with Crippen LogP contribution in [0.2, 0.25) is 0 Å². The molecule has 0 amide bonds. The van der Waals surface area contributed by atoms with E-state index in [0.29, 0.717) is 16.7 Å². The van der Waals surface area contributed by atoms with Crippen LogP contribution in [-0.4, -0.2) is 32.6 Å². The van der Waals surface area contributed by atoms with Crippen molar-refractivity contribution in [1.82, 2.24) is 20.1 Å². The van der Waals surface area contributed by atoms with Gasteiger partial charge in [0.1, 0.15) is 5.82 Å². The molecule has 2 atom stereocenters. The van der Waals surface area contributed by atoms with Crippen LogP contribution in [0, 0.1) is 5.41 Å². The monoisotopic (exact) mass is 308 g/mol. The molecule has 118 valence electrons. The molecule has 3 rings (SSSR count). The first-order chi connectivity index (χ1) is 10.1. The van der Waals surface area contributed by atoms with Gasteiger partial charge in [0.15, 0.2) is 5.16 Å². The van der Waals surface area contributed by atoms with Crippen molar-refractivity contribution in [2.45, 2.75) is 82.3 Å². The fraction of sp³-hybridized carbons (Fsp3) is 0.875. The zero-order chi connectivity index (χ0) is 14.9. The van der Waals surface area contributed by atoms with Crippen LogP contribution in [0.25, 0.3) is 0 Å². The molecule has 2 aliphatic rings. The average Bonchev–Trinajstić information content (AvgIpc) is 2.84. The largest absolute Gasteiger partial charge is 0.313 e. The van der Waals surface area contributed by atoms with Crippen molar-refractivity contribution >= 4 is 11.8 Å². The third-order valence-corrected chi connectivity index (χ3v) is 6.37. The van der Waals surface area contributed by atoms with E-state index < -0.39 is 0 Å². The Morgan fingerprint density at radius 1 is 1.29 bits per heavy atom. The van der Waals surface area contributed by atoms with E-state index in [1.54, 1.807) is 0 Å². The van der Waals surface area contributed by atoms with E-state index in [-0.39, 0.29) is 0 Å². The van der Waals surface area contributed by atoms with E-state index in [9.17, 15) is 0 Å². The number of nitrogens with one attached hydrogen (secondary N) is 1. The summed E-state index contributed by atoms with van der Waals surface area (Å²) in [5.74, 6) is 1.20. The van der Waals surface area contributed by atoms with Gasteiger partial charge in [-0.25, -0.2) is 0 Å². The molecule has 2 heterocycles. The molecule has 4 nitrogen and oxygen atoms in total. The summed E-state index contributed by atoms with van der Waals surface area (Å²) in [6.45, 7) is 9.14. The van der Waals surface area contributed by atoms with Crippen LogP contribution in [0.5, 0.6) is 0 Å². The second-order valence-electron chi connectivity index (χ2n) is 7.08. The number of hydrogen-bond donors (Lipinski definition) is 1. The van der Waals surface area contributed by atoms with E-state index in [4.69, 9.17) is 0 Å². The molecule has 0 bridgehead atoms. The molecule has 1 aliphatic carbocycles. The zero-order valence-corrected chi connectivity index (χ0v) is 14.4. The first-order valence-corrected chi connectivity index (χ1v) is 9.32. The van der Waals surface area contributed by atoms with Gasteiger partial charge in [0.2, 0.25) is 0 Å². The lowest BCUT2D eigenvalue weighted by atomic mass is 9.87. The Bertz CT molecular complexity index is 483. The highest BCUT2D eigenvalue weighted by molar-refractivity contribution is 7.99. The van der Waals surface area contributed by atoms with Crippen molar-refractivity contribution in [3.05, 3.63) is 5.82 Å². The number of aryl methyl sites for hydroxylation is 1. The van der Waals surface area contributed by atoms with Crippen molar-refractivity contribution in [2.24, 2.45) is 5.41 Å². The Balaban J connectivity index is 1.76. The van der Waals surface area contributed by atoms with Crippen molar-refractivity contribution in [3.63, 3.8) is 0 Å². The first-order valence-electron chi connectivity index (χ1n) is 8.44. The minimum Gasteiger partial charge on any atom is -0.313 e. The maximum absolute atomic E-state index is 4.49. The Kier molecular flexibility index (Phi) is 4.60. The smallest absolute Gasteiger partial charge is 0.191 e. The lowest BCUT2D eigenvalue weighted by molar-refractivity contribution is 0.290. The Morgan fingerprint density at radius 2 is 2.14 bits per heavy atom. The molecule has 0 aromatic carbocycles. The van der Waals surface area contributed by atoms with Gasteiger partial charge in [-0.05, 0) is 37.6 Å². The highest BCUT2D eigenvalue weighted by atomic mass is 32.2. The van der Waals surface area contributed by atoms with E-state index in [0.717, 1.165) is 24.7 Å². The Hall–Kier alpha value is -0.550. The molecule has 0 saturated heterocycles. The molecule has 2 unspecified atom stereocenters. The van der Waals surface area contributed by atoms with Gasteiger partial charge in [-0.1, -0.05) is 39.0 Å². The molecule has 1 fully saturated rings. The maximum atomic E-state index is 4.49. The normalized spacial score (nSPS) is 28.3. The quantitative estimate of drug-likeness (QED) is 0.927. The number of rotatable bonds is 4.